The molecule has 0 saturated carbocycles. The lowest BCUT2D eigenvalue weighted by atomic mass is 9.94. The molecule has 1 aliphatic rings. The lowest BCUT2D eigenvalue weighted by molar-refractivity contribution is -0.130. The van der Waals surface area contributed by atoms with Crippen molar-refractivity contribution in [2.24, 2.45) is 0 Å². The van der Waals surface area contributed by atoms with Gasteiger partial charge in [-0.05, 0) is 57.9 Å². The fourth-order valence-electron chi connectivity index (χ4n) is 3.07. The molecule has 1 saturated heterocycles. The highest BCUT2D eigenvalue weighted by Crippen LogP contribution is 2.28. The number of nitrogens with one attached hydrogen (secondary N) is 1. The number of amides is 2. The minimum Gasteiger partial charge on any atom is -0.444 e. The molecule has 1 atom stereocenters. The average molecular weight is 408 g/mol. The van der Waals surface area contributed by atoms with Gasteiger partial charge in [0.1, 0.15) is 11.4 Å². The summed E-state index contributed by atoms with van der Waals surface area (Å²) < 4.78 is 20.7. The van der Waals surface area contributed by atoms with E-state index in [0.717, 1.165) is 5.39 Å². The predicted octanol–water partition coefficient (Wildman–Crippen LogP) is 4.57. The van der Waals surface area contributed by atoms with E-state index in [9.17, 15) is 9.59 Å². The van der Waals surface area contributed by atoms with Crippen LogP contribution in [0, 0.1) is 0 Å². The Morgan fingerprint density at radius 2 is 2.00 bits per heavy atom. The van der Waals surface area contributed by atoms with E-state index in [1.165, 1.54) is 4.90 Å². The van der Waals surface area contributed by atoms with Crippen LogP contribution in [0.15, 0.2) is 30.3 Å². The first-order chi connectivity index (χ1) is 13.1. The SMILES string of the molecule is CC(C)(C)OC(=O)N1CCCC(F)(C(=O)Nc2ccc3ccc(Cl)cc3n2)C1. The number of carbonyl (C=O) groups excluding carboxylic acids is 2. The fraction of sp³-hybridized carbons (Fsp3) is 0.450. The summed E-state index contributed by atoms with van der Waals surface area (Å²) in [6.07, 6.45) is -0.234. The molecule has 1 unspecified atom stereocenters. The average Bonchev–Trinajstić information content (AvgIpc) is 2.60. The van der Waals surface area contributed by atoms with E-state index in [4.69, 9.17) is 16.3 Å². The third-order valence-electron chi connectivity index (χ3n) is 4.40. The van der Waals surface area contributed by atoms with Crippen LogP contribution in [0.3, 0.4) is 0 Å². The van der Waals surface area contributed by atoms with Crippen LogP contribution in [-0.4, -0.2) is 46.2 Å². The molecular weight excluding hydrogens is 385 g/mol. The van der Waals surface area contributed by atoms with Crippen LogP contribution in [0.2, 0.25) is 5.02 Å². The standard InChI is InChI=1S/C20H23ClFN3O3/c1-19(2,3)28-18(27)25-10-4-9-20(22,12-25)17(26)24-16-8-6-13-5-7-14(21)11-15(13)23-16/h5-8,11H,4,9-10,12H2,1-3H3,(H,23,24,26). The van der Waals surface area contributed by atoms with E-state index in [1.54, 1.807) is 45.0 Å². The van der Waals surface area contributed by atoms with Crippen molar-refractivity contribution in [3.8, 4) is 0 Å². The van der Waals surface area contributed by atoms with Gasteiger partial charge in [-0.25, -0.2) is 14.2 Å². The van der Waals surface area contributed by atoms with E-state index >= 15 is 4.39 Å². The molecule has 2 amide bonds. The number of anilines is 1. The monoisotopic (exact) mass is 407 g/mol. The van der Waals surface area contributed by atoms with Gasteiger partial charge in [0.2, 0.25) is 5.67 Å². The van der Waals surface area contributed by atoms with Crippen LogP contribution in [0.5, 0.6) is 0 Å². The van der Waals surface area contributed by atoms with Crippen molar-refractivity contribution in [1.29, 1.82) is 0 Å². The minimum absolute atomic E-state index is 0.0253. The van der Waals surface area contributed by atoms with Crippen molar-refractivity contribution < 1.29 is 18.7 Å². The van der Waals surface area contributed by atoms with Crippen molar-refractivity contribution in [3.05, 3.63) is 35.4 Å². The van der Waals surface area contributed by atoms with Crippen LogP contribution in [0.1, 0.15) is 33.6 Å². The maximum Gasteiger partial charge on any atom is 0.410 e. The Kier molecular flexibility index (Phi) is 5.48. The third-order valence-corrected chi connectivity index (χ3v) is 4.63. The summed E-state index contributed by atoms with van der Waals surface area (Å²) in [6, 6.07) is 8.60. The van der Waals surface area contributed by atoms with Crippen molar-refractivity contribution in [1.82, 2.24) is 9.88 Å². The van der Waals surface area contributed by atoms with Gasteiger partial charge < -0.3 is 15.0 Å². The number of aromatic nitrogens is 1. The number of halogens is 2. The highest BCUT2D eigenvalue weighted by molar-refractivity contribution is 6.31. The largest absolute Gasteiger partial charge is 0.444 e. The summed E-state index contributed by atoms with van der Waals surface area (Å²) in [5.41, 5.74) is -2.30. The minimum atomic E-state index is -2.21. The van der Waals surface area contributed by atoms with Gasteiger partial charge in [-0.15, -0.1) is 0 Å². The summed E-state index contributed by atoms with van der Waals surface area (Å²) in [6.45, 7) is 5.21. The molecule has 2 heterocycles. The molecule has 1 fully saturated rings. The summed E-state index contributed by atoms with van der Waals surface area (Å²) in [5.74, 6) is -0.596. The zero-order chi connectivity index (χ0) is 20.5. The van der Waals surface area contributed by atoms with Gasteiger partial charge in [-0.2, -0.15) is 0 Å². The number of rotatable bonds is 2. The maximum atomic E-state index is 15.4. The number of likely N-dealkylation sites (tertiary alicyclic amines) is 1. The molecule has 1 N–H and O–H groups in total. The molecular formula is C20H23ClFN3O3. The number of hydrogen-bond acceptors (Lipinski definition) is 4. The molecule has 0 spiro atoms. The number of carbonyl (C=O) groups is 2. The van der Waals surface area contributed by atoms with Crippen molar-refractivity contribution >= 4 is 40.3 Å². The van der Waals surface area contributed by atoms with Gasteiger partial charge in [0, 0.05) is 17.0 Å². The number of alkyl halides is 1. The van der Waals surface area contributed by atoms with Crippen molar-refractivity contribution in [2.75, 3.05) is 18.4 Å². The number of fused-ring (bicyclic) bond motifs is 1. The van der Waals surface area contributed by atoms with Gasteiger partial charge in [0.15, 0.2) is 0 Å². The van der Waals surface area contributed by atoms with Gasteiger partial charge in [-0.1, -0.05) is 17.7 Å². The Balaban J connectivity index is 1.73. The Hall–Kier alpha value is -2.41. The number of hydrogen-bond donors (Lipinski definition) is 1. The lowest BCUT2D eigenvalue weighted by Gasteiger charge is -2.36. The summed E-state index contributed by atoms with van der Waals surface area (Å²) in [4.78, 5) is 30.4. The number of pyridine rings is 1. The molecule has 0 radical (unpaired) electrons. The van der Waals surface area contributed by atoms with E-state index in [2.05, 4.69) is 10.3 Å². The zero-order valence-electron chi connectivity index (χ0n) is 16.1. The first-order valence-electron chi connectivity index (χ1n) is 9.10. The van der Waals surface area contributed by atoms with Gasteiger partial charge in [-0.3, -0.25) is 4.79 Å². The quantitative estimate of drug-likeness (QED) is 0.791. The fourth-order valence-corrected chi connectivity index (χ4v) is 3.23. The molecule has 1 aliphatic heterocycles. The maximum absolute atomic E-state index is 15.4. The Morgan fingerprint density at radius 1 is 1.29 bits per heavy atom. The normalized spacial score (nSPS) is 20.1. The summed E-state index contributed by atoms with van der Waals surface area (Å²) >= 11 is 5.98. The molecule has 1 aromatic heterocycles. The topological polar surface area (TPSA) is 71.5 Å². The van der Waals surface area contributed by atoms with E-state index in [0.29, 0.717) is 23.5 Å². The third kappa shape index (κ3) is 4.70. The Morgan fingerprint density at radius 3 is 2.71 bits per heavy atom. The van der Waals surface area contributed by atoms with Gasteiger partial charge >= 0.3 is 6.09 Å². The van der Waals surface area contributed by atoms with Crippen LogP contribution < -0.4 is 5.32 Å². The summed E-state index contributed by atoms with van der Waals surface area (Å²) in [5, 5.41) is 3.90. The second kappa shape index (κ2) is 7.54. The lowest BCUT2D eigenvalue weighted by Crippen LogP contribution is -2.54. The number of ether oxygens (including phenoxy) is 1. The molecule has 0 bridgehead atoms. The van der Waals surface area contributed by atoms with Crippen LogP contribution in [0.25, 0.3) is 10.9 Å². The second-order valence-electron chi connectivity index (χ2n) is 7.96. The van der Waals surface area contributed by atoms with Crippen LogP contribution in [0.4, 0.5) is 15.0 Å². The molecule has 28 heavy (non-hydrogen) atoms. The Labute approximate surface area is 168 Å². The molecule has 3 rings (SSSR count). The van der Waals surface area contributed by atoms with Gasteiger partial charge in [0.25, 0.3) is 5.91 Å². The molecule has 2 aromatic rings. The summed E-state index contributed by atoms with van der Waals surface area (Å²) in [7, 11) is 0. The molecule has 150 valence electrons. The first-order valence-corrected chi connectivity index (χ1v) is 9.48. The van der Waals surface area contributed by atoms with E-state index in [1.807, 2.05) is 6.07 Å². The highest BCUT2D eigenvalue weighted by Gasteiger charge is 2.45. The number of benzene rings is 1. The van der Waals surface area contributed by atoms with E-state index in [-0.39, 0.29) is 18.8 Å². The predicted molar refractivity (Wildman–Crippen MR) is 106 cm³/mol. The molecule has 0 aliphatic carbocycles. The second-order valence-corrected chi connectivity index (χ2v) is 8.39. The number of nitrogens with zero attached hydrogens (tertiary/aromatic N) is 2. The smallest absolute Gasteiger partial charge is 0.410 e. The number of piperidine rings is 1. The zero-order valence-corrected chi connectivity index (χ0v) is 16.8. The van der Waals surface area contributed by atoms with Gasteiger partial charge in [0.05, 0.1) is 12.1 Å². The first kappa shape index (κ1) is 20.3. The van der Waals surface area contributed by atoms with Crippen LogP contribution in [-0.2, 0) is 9.53 Å². The highest BCUT2D eigenvalue weighted by atomic mass is 35.5. The van der Waals surface area contributed by atoms with Crippen LogP contribution >= 0.6 is 11.6 Å². The van der Waals surface area contributed by atoms with E-state index < -0.39 is 23.3 Å². The molecule has 6 nitrogen and oxygen atoms in total. The van der Waals surface area contributed by atoms with Crippen molar-refractivity contribution in [3.63, 3.8) is 0 Å². The van der Waals surface area contributed by atoms with Crippen molar-refractivity contribution in [2.45, 2.75) is 44.9 Å². The molecule has 8 heteroatoms. The molecule has 1 aromatic carbocycles. The Bertz CT molecular complexity index is 915.